The Morgan fingerprint density at radius 1 is 0.419 bits per heavy atom. The predicted molar refractivity (Wildman–Crippen MR) is 174 cm³/mol. The Balaban J connectivity index is 0.000000168. The van der Waals surface area contributed by atoms with E-state index in [0.717, 1.165) is 21.8 Å². The van der Waals surface area contributed by atoms with Gasteiger partial charge in [0.05, 0.1) is 17.5 Å². The number of aromatic nitrogens is 2. The zero-order valence-electron chi connectivity index (χ0n) is 23.4. The van der Waals surface area contributed by atoms with Crippen LogP contribution in [0.25, 0.3) is 44.1 Å². The zero-order chi connectivity index (χ0) is 29.4. The monoisotopic (exact) mass is 556 g/mol. The van der Waals surface area contributed by atoms with Gasteiger partial charge in [-0.1, -0.05) is 133 Å². The molecular formula is C39H28N2O2. The van der Waals surface area contributed by atoms with Crippen LogP contribution in [0.3, 0.4) is 0 Å². The van der Waals surface area contributed by atoms with E-state index >= 15 is 0 Å². The molecule has 4 heteroatoms. The van der Waals surface area contributed by atoms with E-state index in [1.54, 1.807) is 48.5 Å². The second-order valence-electron chi connectivity index (χ2n) is 10.1. The number of rotatable bonds is 6. The van der Waals surface area contributed by atoms with Gasteiger partial charge in [0.15, 0.2) is 11.6 Å². The molecule has 0 aliphatic heterocycles. The summed E-state index contributed by atoms with van der Waals surface area (Å²) in [6.07, 6.45) is 3.68. The van der Waals surface area contributed by atoms with Crippen LogP contribution in [0.15, 0.2) is 158 Å². The number of Topliss-reactive ketones (excluding diaryl/α,β-unsaturated/α-hetero) is 2. The van der Waals surface area contributed by atoms with E-state index < -0.39 is 0 Å². The van der Waals surface area contributed by atoms with Gasteiger partial charge in [0.1, 0.15) is 0 Å². The average Bonchev–Trinajstić information content (AvgIpc) is 3.09. The van der Waals surface area contributed by atoms with Crippen LogP contribution < -0.4 is 0 Å². The number of carbonyl (C=O) groups excluding carboxylic acids is 2. The maximum atomic E-state index is 11.8. The maximum absolute atomic E-state index is 11.8. The third kappa shape index (κ3) is 6.14. The molecule has 0 bridgehead atoms. The molecule has 0 aliphatic carbocycles. The van der Waals surface area contributed by atoms with Crippen LogP contribution in [0.1, 0.15) is 27.1 Å². The minimum absolute atomic E-state index is 0.0754. The van der Waals surface area contributed by atoms with Gasteiger partial charge in [-0.05, 0) is 34.4 Å². The molecule has 0 saturated carbocycles. The lowest BCUT2D eigenvalue weighted by Crippen LogP contribution is -2.08. The normalized spacial score (nSPS) is 10.6. The number of nitrogens with zero attached hydrogens (tertiary/aromatic N) is 2. The lowest BCUT2D eigenvalue weighted by Gasteiger charge is -2.11. The Morgan fingerprint density at radius 2 is 0.767 bits per heavy atom. The summed E-state index contributed by atoms with van der Waals surface area (Å²) < 4.78 is 0. The van der Waals surface area contributed by atoms with Crippen molar-refractivity contribution in [3.8, 4) is 22.3 Å². The highest BCUT2D eigenvalue weighted by atomic mass is 16.1. The van der Waals surface area contributed by atoms with Gasteiger partial charge >= 0.3 is 0 Å². The summed E-state index contributed by atoms with van der Waals surface area (Å²) in [6, 6.07) is 47.1. The number of hydrogen-bond donors (Lipinski definition) is 0. The fraction of sp³-hybridized carbons (Fsp3) is 0.0256. The quantitative estimate of drug-likeness (QED) is 0.116. The van der Waals surface area contributed by atoms with Gasteiger partial charge in [-0.15, -0.1) is 0 Å². The zero-order valence-corrected chi connectivity index (χ0v) is 23.4. The van der Waals surface area contributed by atoms with Gasteiger partial charge in [-0.2, -0.15) is 0 Å². The van der Waals surface area contributed by atoms with E-state index in [0.29, 0.717) is 11.1 Å². The molecule has 2 heterocycles. The number of carbonyl (C=O) groups is 2. The fourth-order valence-corrected chi connectivity index (χ4v) is 5.16. The minimum Gasteiger partial charge on any atom is -0.294 e. The molecule has 5 aromatic carbocycles. The minimum atomic E-state index is -0.139. The van der Waals surface area contributed by atoms with Crippen molar-refractivity contribution in [2.45, 2.75) is 6.42 Å². The van der Waals surface area contributed by atoms with Crippen molar-refractivity contribution >= 4 is 33.4 Å². The van der Waals surface area contributed by atoms with Crippen LogP contribution in [0.4, 0.5) is 0 Å². The smallest absolute Gasteiger partial charge is 0.170 e. The van der Waals surface area contributed by atoms with Gasteiger partial charge in [0.2, 0.25) is 0 Å². The molecule has 0 amide bonds. The van der Waals surface area contributed by atoms with E-state index in [9.17, 15) is 9.59 Å². The highest BCUT2D eigenvalue weighted by Gasteiger charge is 2.13. The first-order valence-corrected chi connectivity index (χ1v) is 14.1. The second kappa shape index (κ2) is 12.8. The Morgan fingerprint density at radius 3 is 1.14 bits per heavy atom. The molecule has 0 aliphatic rings. The van der Waals surface area contributed by atoms with Gasteiger partial charge in [-0.25, -0.2) is 0 Å². The van der Waals surface area contributed by atoms with Crippen molar-refractivity contribution < 1.29 is 9.59 Å². The Hall–Kier alpha value is -5.74. The first-order chi connectivity index (χ1) is 21.2. The maximum Gasteiger partial charge on any atom is 0.170 e. The summed E-state index contributed by atoms with van der Waals surface area (Å²) in [5.41, 5.74) is 7.81. The van der Waals surface area contributed by atoms with Crippen molar-refractivity contribution in [3.05, 3.63) is 169 Å². The summed E-state index contributed by atoms with van der Waals surface area (Å²) in [5, 5.41) is 2.26. The summed E-state index contributed by atoms with van der Waals surface area (Å²) in [5.74, 6) is -0.279. The van der Waals surface area contributed by atoms with Gasteiger partial charge < -0.3 is 0 Å². The Bertz CT molecular complexity index is 1860. The summed E-state index contributed by atoms with van der Waals surface area (Å²) >= 11 is 0. The standard InChI is InChI=1S/C24H16N2.C15H12O2/c1-3-7-17(8-4-1)19-13-15-25-23-21(19)11-12-22-20(14-16-26-24(22)23)18-9-5-2-6-10-18;16-14(12-7-3-1-4-8-12)11-15(17)13-9-5-2-6-10-13/h1-16H;1-10H,11H2. The molecule has 7 aromatic rings. The SMILES string of the molecule is O=C(CC(=O)c1ccccc1)c1ccccc1.c1ccc(-c2ccnc3c2ccc2c(-c4ccccc4)ccnc23)cc1. The largest absolute Gasteiger partial charge is 0.294 e. The van der Waals surface area contributed by atoms with Crippen LogP contribution in [-0.4, -0.2) is 21.5 Å². The highest BCUT2D eigenvalue weighted by Crippen LogP contribution is 2.34. The van der Waals surface area contributed by atoms with Crippen molar-refractivity contribution in [3.63, 3.8) is 0 Å². The Kier molecular flexibility index (Phi) is 8.19. The molecule has 0 N–H and O–H groups in total. The first-order valence-electron chi connectivity index (χ1n) is 14.1. The number of fused-ring (bicyclic) bond motifs is 3. The van der Waals surface area contributed by atoms with Crippen LogP contribution in [0.2, 0.25) is 0 Å². The van der Waals surface area contributed by atoms with Crippen LogP contribution >= 0.6 is 0 Å². The summed E-state index contributed by atoms with van der Waals surface area (Å²) in [7, 11) is 0. The van der Waals surface area contributed by atoms with Gasteiger partial charge in [0, 0.05) is 34.3 Å². The van der Waals surface area contributed by atoms with Crippen molar-refractivity contribution in [2.24, 2.45) is 0 Å². The van der Waals surface area contributed by atoms with E-state index in [4.69, 9.17) is 0 Å². The highest BCUT2D eigenvalue weighted by molar-refractivity contribution is 6.13. The molecule has 0 fully saturated rings. The second-order valence-corrected chi connectivity index (χ2v) is 10.1. The first kappa shape index (κ1) is 27.4. The van der Waals surface area contributed by atoms with Crippen LogP contribution in [0.5, 0.6) is 0 Å². The molecular weight excluding hydrogens is 528 g/mol. The summed E-state index contributed by atoms with van der Waals surface area (Å²) in [4.78, 5) is 33.0. The Labute approximate surface area is 250 Å². The molecule has 0 unspecified atom stereocenters. The van der Waals surface area contributed by atoms with E-state index in [2.05, 4.69) is 82.8 Å². The third-order valence-electron chi connectivity index (χ3n) is 7.30. The number of pyridine rings is 2. The van der Waals surface area contributed by atoms with Gasteiger partial charge in [0.25, 0.3) is 0 Å². The molecule has 2 aromatic heterocycles. The molecule has 0 spiro atoms. The third-order valence-corrected chi connectivity index (χ3v) is 7.30. The van der Waals surface area contributed by atoms with Crippen molar-refractivity contribution in [1.82, 2.24) is 9.97 Å². The van der Waals surface area contributed by atoms with Crippen molar-refractivity contribution in [1.29, 1.82) is 0 Å². The van der Waals surface area contributed by atoms with E-state index in [1.165, 1.54) is 22.3 Å². The number of hydrogen-bond acceptors (Lipinski definition) is 4. The molecule has 206 valence electrons. The molecule has 4 nitrogen and oxygen atoms in total. The predicted octanol–water partition coefficient (Wildman–Crippen LogP) is 9.26. The van der Waals surface area contributed by atoms with Gasteiger partial charge in [-0.3, -0.25) is 19.6 Å². The van der Waals surface area contributed by atoms with Crippen LogP contribution in [-0.2, 0) is 0 Å². The lowest BCUT2D eigenvalue weighted by molar-refractivity contribution is 0.0894. The topological polar surface area (TPSA) is 59.9 Å². The van der Waals surface area contributed by atoms with E-state index in [1.807, 2.05) is 36.7 Å². The van der Waals surface area contributed by atoms with Crippen LogP contribution in [0, 0.1) is 0 Å². The summed E-state index contributed by atoms with van der Waals surface area (Å²) in [6.45, 7) is 0. The van der Waals surface area contributed by atoms with Crippen molar-refractivity contribution in [2.75, 3.05) is 0 Å². The molecule has 0 atom stereocenters. The molecule has 0 radical (unpaired) electrons. The fourth-order valence-electron chi connectivity index (χ4n) is 5.16. The number of ketones is 2. The lowest BCUT2D eigenvalue weighted by atomic mass is 9.97. The molecule has 0 saturated heterocycles. The molecule has 43 heavy (non-hydrogen) atoms. The van der Waals surface area contributed by atoms with E-state index in [-0.39, 0.29) is 18.0 Å². The average molecular weight is 557 g/mol. The number of benzene rings is 5. The molecule has 7 rings (SSSR count).